The van der Waals surface area contributed by atoms with E-state index in [0.29, 0.717) is 11.5 Å². The molecule has 0 aliphatic carbocycles. The lowest BCUT2D eigenvalue weighted by Crippen LogP contribution is -2.26. The summed E-state index contributed by atoms with van der Waals surface area (Å²) in [7, 11) is 0. The topological polar surface area (TPSA) is 64.6 Å². The van der Waals surface area contributed by atoms with Crippen molar-refractivity contribution in [2.75, 3.05) is 11.9 Å². The minimum absolute atomic E-state index is 0.349. The zero-order valence-electron chi connectivity index (χ0n) is 17.0. The van der Waals surface area contributed by atoms with Crippen molar-refractivity contribution in [1.82, 2.24) is 0 Å². The molecule has 5 heteroatoms. The third-order valence-electron chi connectivity index (χ3n) is 5.27. The number of carbonyl (C=O) groups excluding carboxylic acids is 2. The fourth-order valence-electron chi connectivity index (χ4n) is 3.76. The van der Waals surface area contributed by atoms with Gasteiger partial charge in [0.1, 0.15) is 17.4 Å². The zero-order chi connectivity index (χ0) is 21.1. The third-order valence-corrected chi connectivity index (χ3v) is 5.27. The van der Waals surface area contributed by atoms with E-state index in [1.807, 2.05) is 80.6 Å². The normalized spacial score (nSPS) is 12.3. The molecular formula is C25H23NO4. The van der Waals surface area contributed by atoms with Crippen molar-refractivity contribution in [3.05, 3.63) is 89.0 Å². The van der Waals surface area contributed by atoms with E-state index in [0.717, 1.165) is 34.4 Å². The van der Waals surface area contributed by atoms with Gasteiger partial charge in [-0.15, -0.1) is 0 Å². The van der Waals surface area contributed by atoms with Crippen LogP contribution < -0.4 is 10.1 Å². The highest BCUT2D eigenvalue weighted by Gasteiger charge is 2.33. The lowest BCUT2D eigenvalue weighted by Gasteiger charge is -2.26. The number of benzene rings is 3. The van der Waals surface area contributed by atoms with Crippen LogP contribution in [0.2, 0.25) is 0 Å². The fraction of sp³-hybridized carbons (Fsp3) is 0.200. The number of carbonyl (C=O) groups is 2. The van der Waals surface area contributed by atoms with Gasteiger partial charge in [0.15, 0.2) is 6.61 Å². The number of para-hydroxylation sites is 3. The van der Waals surface area contributed by atoms with Crippen molar-refractivity contribution in [1.29, 1.82) is 0 Å². The number of hydrogen-bond donors (Lipinski definition) is 1. The van der Waals surface area contributed by atoms with Gasteiger partial charge >= 0.3 is 5.97 Å². The molecule has 1 amide bonds. The highest BCUT2D eigenvalue weighted by molar-refractivity contribution is 5.95. The summed E-state index contributed by atoms with van der Waals surface area (Å²) in [5, 5.41) is 2.89. The average molecular weight is 401 g/mol. The average Bonchev–Trinajstić information content (AvgIpc) is 2.77. The number of hydrogen-bond acceptors (Lipinski definition) is 4. The second-order valence-corrected chi connectivity index (χ2v) is 7.23. The molecule has 3 aromatic carbocycles. The molecule has 0 fully saturated rings. The molecule has 0 unspecified atom stereocenters. The molecule has 152 valence electrons. The van der Waals surface area contributed by atoms with Gasteiger partial charge in [-0.1, -0.05) is 61.5 Å². The number of esters is 1. The second kappa shape index (κ2) is 8.41. The Morgan fingerprint density at radius 2 is 1.57 bits per heavy atom. The molecule has 0 saturated carbocycles. The van der Waals surface area contributed by atoms with Crippen LogP contribution in [0.4, 0.5) is 5.69 Å². The maximum atomic E-state index is 13.0. The molecule has 0 atom stereocenters. The quantitative estimate of drug-likeness (QED) is 0.613. The molecule has 30 heavy (non-hydrogen) atoms. The molecule has 1 aliphatic heterocycles. The second-order valence-electron chi connectivity index (χ2n) is 7.23. The van der Waals surface area contributed by atoms with Gasteiger partial charge in [-0.2, -0.15) is 0 Å². The van der Waals surface area contributed by atoms with E-state index in [2.05, 4.69) is 5.32 Å². The predicted molar refractivity (Wildman–Crippen MR) is 115 cm³/mol. The van der Waals surface area contributed by atoms with Crippen LogP contribution in [0.5, 0.6) is 11.5 Å². The highest BCUT2D eigenvalue weighted by Crippen LogP contribution is 2.44. The van der Waals surface area contributed by atoms with Crippen molar-refractivity contribution in [3.63, 3.8) is 0 Å². The summed E-state index contributed by atoms with van der Waals surface area (Å²) in [5.74, 6) is -0.233. The van der Waals surface area contributed by atoms with Crippen LogP contribution >= 0.6 is 0 Å². The first kappa shape index (κ1) is 19.7. The molecule has 1 heterocycles. The minimum atomic E-state index is -0.636. The minimum Gasteiger partial charge on any atom is -0.457 e. The molecule has 0 saturated heterocycles. The number of nitrogens with one attached hydrogen (secondary N) is 1. The van der Waals surface area contributed by atoms with Crippen LogP contribution in [0.15, 0.2) is 66.7 Å². The first-order chi connectivity index (χ1) is 14.6. The van der Waals surface area contributed by atoms with Gasteiger partial charge in [-0.05, 0) is 36.6 Å². The van der Waals surface area contributed by atoms with Gasteiger partial charge in [-0.3, -0.25) is 9.59 Å². The number of ether oxygens (including phenoxy) is 2. The van der Waals surface area contributed by atoms with E-state index in [1.54, 1.807) is 0 Å². The Hall–Kier alpha value is -3.60. The van der Waals surface area contributed by atoms with Gasteiger partial charge in [0.25, 0.3) is 5.91 Å². The van der Waals surface area contributed by atoms with Gasteiger partial charge in [0.05, 0.1) is 0 Å². The van der Waals surface area contributed by atoms with Crippen molar-refractivity contribution < 1.29 is 19.1 Å². The number of amides is 1. The van der Waals surface area contributed by atoms with Gasteiger partial charge in [-0.25, -0.2) is 0 Å². The van der Waals surface area contributed by atoms with E-state index in [-0.39, 0.29) is 12.5 Å². The van der Waals surface area contributed by atoms with E-state index in [4.69, 9.17) is 9.47 Å². The van der Waals surface area contributed by atoms with Crippen LogP contribution in [0.1, 0.15) is 35.1 Å². The van der Waals surface area contributed by atoms with Crippen molar-refractivity contribution >= 4 is 17.6 Å². The zero-order valence-corrected chi connectivity index (χ0v) is 17.0. The maximum absolute atomic E-state index is 13.0. The summed E-state index contributed by atoms with van der Waals surface area (Å²) in [6.07, 6.45) is 0.798. The molecule has 0 bridgehead atoms. The maximum Gasteiger partial charge on any atom is 0.318 e. The van der Waals surface area contributed by atoms with E-state index < -0.39 is 11.9 Å². The van der Waals surface area contributed by atoms with Crippen molar-refractivity contribution in [2.45, 2.75) is 26.2 Å². The highest BCUT2D eigenvalue weighted by atomic mass is 16.5. The van der Waals surface area contributed by atoms with Crippen LogP contribution in [-0.2, 0) is 20.7 Å². The SMILES string of the molecule is CCc1cccc(C)c1NC(=O)COC(=O)C1c2ccccc2Oc2ccccc21. The Bertz CT molecular complexity index is 1060. The van der Waals surface area contributed by atoms with Crippen LogP contribution in [0, 0.1) is 6.92 Å². The smallest absolute Gasteiger partial charge is 0.318 e. The summed E-state index contributed by atoms with van der Waals surface area (Å²) in [6, 6.07) is 20.6. The molecule has 0 aromatic heterocycles. The number of fused-ring (bicyclic) bond motifs is 2. The summed E-state index contributed by atoms with van der Waals surface area (Å²) >= 11 is 0. The summed E-state index contributed by atoms with van der Waals surface area (Å²) in [4.78, 5) is 25.5. The predicted octanol–water partition coefficient (Wildman–Crippen LogP) is 4.98. The largest absolute Gasteiger partial charge is 0.457 e. The Labute approximate surface area is 175 Å². The summed E-state index contributed by atoms with van der Waals surface area (Å²) < 4.78 is 11.4. The van der Waals surface area contributed by atoms with E-state index in [9.17, 15) is 9.59 Å². The Balaban J connectivity index is 1.51. The van der Waals surface area contributed by atoms with Crippen LogP contribution in [-0.4, -0.2) is 18.5 Å². The molecule has 0 spiro atoms. The van der Waals surface area contributed by atoms with E-state index in [1.165, 1.54) is 0 Å². The standard InChI is InChI=1S/C25H23NO4/c1-3-17-10-8-9-16(2)24(17)26-22(27)15-29-25(28)23-18-11-4-6-13-20(18)30-21-14-7-5-12-19(21)23/h4-14,23H,3,15H2,1-2H3,(H,26,27). The van der Waals surface area contributed by atoms with Crippen molar-refractivity contribution in [2.24, 2.45) is 0 Å². The molecular weight excluding hydrogens is 378 g/mol. The Morgan fingerprint density at radius 1 is 0.933 bits per heavy atom. The van der Waals surface area contributed by atoms with Crippen LogP contribution in [0.3, 0.4) is 0 Å². The molecule has 3 aromatic rings. The summed E-state index contributed by atoms with van der Waals surface area (Å²) in [6.45, 7) is 3.62. The first-order valence-corrected chi connectivity index (χ1v) is 9.99. The van der Waals surface area contributed by atoms with Crippen molar-refractivity contribution in [3.8, 4) is 11.5 Å². The molecule has 4 rings (SSSR count). The van der Waals surface area contributed by atoms with E-state index >= 15 is 0 Å². The summed E-state index contributed by atoms with van der Waals surface area (Å²) in [5.41, 5.74) is 4.26. The number of rotatable bonds is 5. The van der Waals surface area contributed by atoms with Gasteiger partial charge in [0.2, 0.25) is 0 Å². The monoisotopic (exact) mass is 401 g/mol. The molecule has 1 N–H and O–H groups in total. The fourth-order valence-corrected chi connectivity index (χ4v) is 3.76. The lowest BCUT2D eigenvalue weighted by molar-refractivity contribution is -0.148. The molecule has 1 aliphatic rings. The third kappa shape index (κ3) is 3.79. The number of aryl methyl sites for hydroxylation is 2. The first-order valence-electron chi connectivity index (χ1n) is 9.99. The van der Waals surface area contributed by atoms with Crippen LogP contribution in [0.25, 0.3) is 0 Å². The molecule has 0 radical (unpaired) electrons. The Kier molecular flexibility index (Phi) is 5.53. The number of anilines is 1. The Morgan fingerprint density at radius 3 is 2.20 bits per heavy atom. The lowest BCUT2D eigenvalue weighted by atomic mass is 9.88. The van der Waals surface area contributed by atoms with Gasteiger partial charge in [0, 0.05) is 16.8 Å². The molecule has 5 nitrogen and oxygen atoms in total. The van der Waals surface area contributed by atoms with Gasteiger partial charge < -0.3 is 14.8 Å².